The van der Waals surface area contributed by atoms with Gasteiger partial charge in [-0.1, -0.05) is 0 Å². The quantitative estimate of drug-likeness (QED) is 0.646. The van der Waals surface area contributed by atoms with Crippen molar-refractivity contribution in [2.75, 3.05) is 31.6 Å². The lowest BCUT2D eigenvalue weighted by molar-refractivity contribution is -0.385. The van der Waals surface area contributed by atoms with E-state index >= 15 is 0 Å². The summed E-state index contributed by atoms with van der Waals surface area (Å²) in [6, 6.07) is 3.20. The molecule has 1 aromatic rings. The predicted octanol–water partition coefficient (Wildman–Crippen LogP) is 1.43. The minimum Gasteiger partial charge on any atom is -0.359 e. The summed E-state index contributed by atoms with van der Waals surface area (Å²) in [5.41, 5.74) is 0.0338. The van der Waals surface area contributed by atoms with E-state index in [0.717, 1.165) is 25.5 Å². The van der Waals surface area contributed by atoms with Gasteiger partial charge in [0.05, 0.1) is 4.92 Å². The molecule has 1 aromatic heterocycles. The first-order chi connectivity index (χ1) is 8.66. The van der Waals surface area contributed by atoms with Gasteiger partial charge in [0, 0.05) is 19.7 Å². The van der Waals surface area contributed by atoms with Crippen LogP contribution in [0.15, 0.2) is 18.3 Å². The molecule has 1 fully saturated rings. The average Bonchev–Trinajstić information content (AvgIpc) is 2.40. The maximum atomic E-state index is 10.5. The van der Waals surface area contributed by atoms with Crippen molar-refractivity contribution in [1.29, 1.82) is 0 Å². The van der Waals surface area contributed by atoms with Crippen molar-refractivity contribution >= 4 is 11.5 Å². The maximum absolute atomic E-state index is 10.5. The first-order valence-electron chi connectivity index (χ1n) is 6.19. The smallest absolute Gasteiger partial charge is 0.287 e. The van der Waals surface area contributed by atoms with Crippen molar-refractivity contribution in [1.82, 2.24) is 10.3 Å². The second kappa shape index (κ2) is 5.77. The number of pyridine rings is 1. The van der Waals surface area contributed by atoms with Crippen LogP contribution in [0.4, 0.5) is 11.5 Å². The lowest BCUT2D eigenvalue weighted by Crippen LogP contribution is -2.37. The number of nitro groups is 1. The molecule has 1 aliphatic rings. The van der Waals surface area contributed by atoms with Gasteiger partial charge in [-0.25, -0.2) is 4.98 Å². The summed E-state index contributed by atoms with van der Waals surface area (Å²) in [5.74, 6) is 1.41. The van der Waals surface area contributed by atoms with E-state index in [4.69, 9.17) is 0 Å². The summed E-state index contributed by atoms with van der Waals surface area (Å²) < 4.78 is 0. The summed E-state index contributed by atoms with van der Waals surface area (Å²) in [6.45, 7) is 3.07. The standard InChI is InChI=1S/C12H18N4O2/c1-15(9-10-3-2-6-13-7-10)12-5-4-11(8-14-12)16(17)18/h4-5,8,10,13H,2-3,6-7,9H2,1H3/t10-/m1/s1. The molecule has 6 nitrogen and oxygen atoms in total. The lowest BCUT2D eigenvalue weighted by atomic mass is 9.99. The lowest BCUT2D eigenvalue weighted by Gasteiger charge is -2.28. The van der Waals surface area contributed by atoms with Crippen LogP contribution < -0.4 is 10.2 Å². The fraction of sp³-hybridized carbons (Fsp3) is 0.583. The van der Waals surface area contributed by atoms with Gasteiger partial charge in [0.1, 0.15) is 12.0 Å². The molecule has 2 rings (SSSR count). The van der Waals surface area contributed by atoms with Crippen molar-refractivity contribution in [2.45, 2.75) is 12.8 Å². The van der Waals surface area contributed by atoms with Crippen LogP contribution in [0.25, 0.3) is 0 Å². The van der Waals surface area contributed by atoms with E-state index in [1.807, 2.05) is 7.05 Å². The van der Waals surface area contributed by atoms with Crippen LogP contribution in [0.2, 0.25) is 0 Å². The Morgan fingerprint density at radius 3 is 3.00 bits per heavy atom. The summed E-state index contributed by atoms with van der Waals surface area (Å²) in [5, 5.41) is 13.9. The number of nitrogens with one attached hydrogen (secondary N) is 1. The van der Waals surface area contributed by atoms with Gasteiger partial charge in [0.25, 0.3) is 5.69 Å². The van der Waals surface area contributed by atoms with Crippen LogP contribution in [0, 0.1) is 16.0 Å². The molecule has 0 spiro atoms. The van der Waals surface area contributed by atoms with E-state index in [1.165, 1.54) is 25.1 Å². The molecule has 98 valence electrons. The number of piperidine rings is 1. The van der Waals surface area contributed by atoms with E-state index in [9.17, 15) is 10.1 Å². The van der Waals surface area contributed by atoms with Gasteiger partial charge in [-0.05, 0) is 37.9 Å². The zero-order valence-electron chi connectivity index (χ0n) is 10.5. The predicted molar refractivity (Wildman–Crippen MR) is 69.8 cm³/mol. The summed E-state index contributed by atoms with van der Waals surface area (Å²) in [6.07, 6.45) is 3.75. The first kappa shape index (κ1) is 12.8. The highest BCUT2D eigenvalue weighted by molar-refractivity contribution is 5.42. The van der Waals surface area contributed by atoms with Gasteiger partial charge >= 0.3 is 0 Å². The minimum atomic E-state index is -0.429. The molecular weight excluding hydrogens is 232 g/mol. The third-order valence-corrected chi connectivity index (χ3v) is 3.27. The molecule has 0 amide bonds. The van der Waals surface area contributed by atoms with E-state index in [2.05, 4.69) is 15.2 Å². The Labute approximate surface area is 106 Å². The van der Waals surface area contributed by atoms with Gasteiger partial charge in [-0.15, -0.1) is 0 Å². The second-order valence-electron chi connectivity index (χ2n) is 4.72. The van der Waals surface area contributed by atoms with Crippen LogP contribution in [0.3, 0.4) is 0 Å². The molecule has 0 unspecified atom stereocenters. The molecule has 18 heavy (non-hydrogen) atoms. The second-order valence-corrected chi connectivity index (χ2v) is 4.72. The molecule has 0 bridgehead atoms. The number of anilines is 1. The Kier molecular flexibility index (Phi) is 4.09. The van der Waals surface area contributed by atoms with Crippen molar-refractivity contribution in [3.63, 3.8) is 0 Å². The van der Waals surface area contributed by atoms with Crippen molar-refractivity contribution in [2.24, 2.45) is 5.92 Å². The molecule has 0 aromatic carbocycles. The molecule has 1 N–H and O–H groups in total. The molecule has 0 radical (unpaired) electrons. The van der Waals surface area contributed by atoms with E-state index in [0.29, 0.717) is 5.92 Å². The summed E-state index contributed by atoms with van der Waals surface area (Å²) in [4.78, 5) is 16.3. The Balaban J connectivity index is 1.95. The van der Waals surface area contributed by atoms with Crippen LogP contribution in [0.5, 0.6) is 0 Å². The maximum Gasteiger partial charge on any atom is 0.287 e. The Morgan fingerprint density at radius 2 is 2.44 bits per heavy atom. The monoisotopic (exact) mass is 250 g/mol. The van der Waals surface area contributed by atoms with E-state index in [-0.39, 0.29) is 5.69 Å². The highest BCUT2D eigenvalue weighted by Gasteiger charge is 2.16. The van der Waals surface area contributed by atoms with Crippen molar-refractivity contribution in [3.8, 4) is 0 Å². The molecule has 2 heterocycles. The summed E-state index contributed by atoms with van der Waals surface area (Å²) in [7, 11) is 1.97. The normalized spacial score (nSPS) is 19.5. The third-order valence-electron chi connectivity index (χ3n) is 3.27. The van der Waals surface area contributed by atoms with E-state index in [1.54, 1.807) is 6.07 Å². The summed E-state index contributed by atoms with van der Waals surface area (Å²) >= 11 is 0. The molecule has 0 saturated carbocycles. The average molecular weight is 250 g/mol. The highest BCUT2D eigenvalue weighted by atomic mass is 16.6. The van der Waals surface area contributed by atoms with Crippen molar-refractivity contribution < 1.29 is 4.92 Å². The van der Waals surface area contributed by atoms with Crippen LogP contribution in [-0.2, 0) is 0 Å². The fourth-order valence-electron chi connectivity index (χ4n) is 2.27. The number of hydrogen-bond donors (Lipinski definition) is 1. The largest absolute Gasteiger partial charge is 0.359 e. The minimum absolute atomic E-state index is 0.0338. The number of rotatable bonds is 4. The zero-order valence-corrected chi connectivity index (χ0v) is 10.5. The molecule has 6 heteroatoms. The van der Waals surface area contributed by atoms with Crippen LogP contribution >= 0.6 is 0 Å². The first-order valence-corrected chi connectivity index (χ1v) is 6.19. The van der Waals surface area contributed by atoms with Crippen LogP contribution in [-0.4, -0.2) is 36.6 Å². The van der Waals surface area contributed by atoms with Gasteiger partial charge in [-0.2, -0.15) is 0 Å². The van der Waals surface area contributed by atoms with Gasteiger partial charge in [-0.3, -0.25) is 10.1 Å². The molecule has 1 atom stereocenters. The SMILES string of the molecule is CN(C[C@@H]1CCCNC1)c1ccc([N+](=O)[O-])cn1. The molecule has 1 saturated heterocycles. The topological polar surface area (TPSA) is 71.3 Å². The van der Waals surface area contributed by atoms with Gasteiger partial charge in [0.15, 0.2) is 0 Å². The Bertz CT molecular complexity index is 401. The zero-order chi connectivity index (χ0) is 13.0. The molecule has 0 aliphatic carbocycles. The fourth-order valence-corrected chi connectivity index (χ4v) is 2.27. The van der Waals surface area contributed by atoms with Crippen molar-refractivity contribution in [3.05, 3.63) is 28.4 Å². The Hall–Kier alpha value is -1.69. The van der Waals surface area contributed by atoms with Crippen LogP contribution in [0.1, 0.15) is 12.8 Å². The van der Waals surface area contributed by atoms with E-state index < -0.39 is 4.92 Å². The Morgan fingerprint density at radius 1 is 1.61 bits per heavy atom. The number of aromatic nitrogens is 1. The number of hydrogen-bond acceptors (Lipinski definition) is 5. The van der Waals surface area contributed by atoms with Gasteiger partial charge in [0.2, 0.25) is 0 Å². The number of nitrogens with zero attached hydrogens (tertiary/aromatic N) is 3. The van der Waals surface area contributed by atoms with Gasteiger partial charge < -0.3 is 10.2 Å². The third kappa shape index (κ3) is 3.16. The molecule has 1 aliphatic heterocycles. The molecular formula is C12H18N4O2. The highest BCUT2D eigenvalue weighted by Crippen LogP contribution is 2.17.